The van der Waals surface area contributed by atoms with Crippen molar-refractivity contribution in [3.05, 3.63) is 44.0 Å². The van der Waals surface area contributed by atoms with Gasteiger partial charge in [0.2, 0.25) is 0 Å². The summed E-state index contributed by atoms with van der Waals surface area (Å²) in [5, 5.41) is 13.3. The van der Waals surface area contributed by atoms with Crippen LogP contribution >= 0.6 is 11.3 Å². The van der Waals surface area contributed by atoms with Gasteiger partial charge in [-0.05, 0) is 30.4 Å². The number of aromatic nitrogens is 1. The Hall–Kier alpha value is -2.26. The lowest BCUT2D eigenvalue weighted by Gasteiger charge is -2.27. The molecule has 4 rings (SSSR count). The molecular formula is C18H18N2O3S. The Bertz CT molecular complexity index is 868. The van der Waals surface area contributed by atoms with Gasteiger partial charge >= 0.3 is 0 Å². The molecule has 2 aromatic heterocycles. The highest BCUT2D eigenvalue weighted by atomic mass is 32.1. The largest absolute Gasteiger partial charge is 0.488 e. The number of thiophene rings is 1. The van der Waals surface area contributed by atoms with Gasteiger partial charge in [0.05, 0.1) is 18.6 Å². The molecule has 0 saturated heterocycles. The molecule has 0 radical (unpaired) electrons. The lowest BCUT2D eigenvalue weighted by molar-refractivity contribution is 0.101. The van der Waals surface area contributed by atoms with Crippen molar-refractivity contribution in [1.82, 2.24) is 4.57 Å². The van der Waals surface area contributed by atoms with Gasteiger partial charge in [-0.1, -0.05) is 6.92 Å². The minimum atomic E-state index is -0.333. The van der Waals surface area contributed by atoms with E-state index in [0.29, 0.717) is 25.3 Å². The quantitative estimate of drug-likeness (QED) is 0.842. The normalized spacial score (nSPS) is 17.8. The summed E-state index contributed by atoms with van der Waals surface area (Å²) in [4.78, 5) is 12.7. The summed E-state index contributed by atoms with van der Waals surface area (Å²) in [6, 6.07) is 2.11. The van der Waals surface area contributed by atoms with Crippen molar-refractivity contribution in [3.8, 4) is 17.6 Å². The zero-order chi connectivity index (χ0) is 16.7. The third-order valence-corrected chi connectivity index (χ3v) is 5.46. The average Bonchev–Trinajstić information content (AvgIpc) is 3.18. The lowest BCUT2D eigenvalue weighted by Crippen LogP contribution is -2.39. The highest BCUT2D eigenvalue weighted by Crippen LogP contribution is 2.37. The lowest BCUT2D eigenvalue weighted by atomic mass is 9.92. The molecule has 1 aliphatic carbocycles. The van der Waals surface area contributed by atoms with E-state index >= 15 is 0 Å². The number of rotatable bonds is 2. The van der Waals surface area contributed by atoms with Gasteiger partial charge in [0.1, 0.15) is 11.6 Å². The molecular weight excluding hydrogens is 324 g/mol. The molecule has 124 valence electrons. The minimum Gasteiger partial charge on any atom is -0.488 e. The van der Waals surface area contributed by atoms with E-state index in [1.54, 1.807) is 15.9 Å². The number of aryl methyl sites for hydroxylation is 1. The molecule has 0 fully saturated rings. The molecule has 0 bridgehead atoms. The molecule has 3 heterocycles. The summed E-state index contributed by atoms with van der Waals surface area (Å²) in [7, 11) is 0. The average molecular weight is 342 g/mol. The molecule has 0 N–H and O–H groups in total. The fraction of sp³-hybridized carbons (Fsp3) is 0.444. The molecule has 0 unspecified atom stereocenters. The van der Waals surface area contributed by atoms with Crippen LogP contribution in [0.2, 0.25) is 0 Å². The first-order chi connectivity index (χ1) is 11.6. The van der Waals surface area contributed by atoms with Gasteiger partial charge in [-0.2, -0.15) is 5.26 Å². The first-order valence-electron chi connectivity index (χ1n) is 8.07. The Morgan fingerprint density at radius 1 is 1.29 bits per heavy atom. The smallest absolute Gasteiger partial charge is 0.268 e. The van der Waals surface area contributed by atoms with Crippen LogP contribution in [0.4, 0.5) is 0 Å². The van der Waals surface area contributed by atoms with Crippen LogP contribution in [-0.2, 0) is 19.4 Å². The van der Waals surface area contributed by atoms with Crippen molar-refractivity contribution in [2.75, 3.05) is 13.2 Å². The van der Waals surface area contributed by atoms with Crippen LogP contribution in [0.3, 0.4) is 0 Å². The standard InChI is InChI=1S/C18H18N2O3S/c1-18(10-22-15-7-24-8-16(15)23-11-18)9-20-6-12-3-2-4-13(12)14(5-19)17(20)21/h6-8H,2-4,9-11H2,1H3. The van der Waals surface area contributed by atoms with Gasteiger partial charge in [0.15, 0.2) is 11.5 Å². The molecule has 0 spiro atoms. The number of hydrogen-bond acceptors (Lipinski definition) is 5. The summed E-state index contributed by atoms with van der Waals surface area (Å²) in [6.45, 7) is 3.47. The SMILES string of the molecule is CC1(Cn2cc3c(c(C#N)c2=O)CCC3)COc2cscc2OC1. The van der Waals surface area contributed by atoms with Crippen molar-refractivity contribution in [2.24, 2.45) is 5.41 Å². The Balaban J connectivity index is 1.65. The van der Waals surface area contributed by atoms with Crippen LogP contribution in [0.25, 0.3) is 0 Å². The van der Waals surface area contributed by atoms with Crippen LogP contribution in [-0.4, -0.2) is 17.8 Å². The molecule has 0 atom stereocenters. The molecule has 0 saturated carbocycles. The molecule has 6 heteroatoms. The number of pyridine rings is 1. The predicted octanol–water partition coefficient (Wildman–Crippen LogP) is 2.75. The van der Waals surface area contributed by atoms with E-state index in [2.05, 4.69) is 6.07 Å². The van der Waals surface area contributed by atoms with Crippen LogP contribution in [0.15, 0.2) is 21.8 Å². The van der Waals surface area contributed by atoms with Crippen molar-refractivity contribution in [1.29, 1.82) is 5.26 Å². The number of fused-ring (bicyclic) bond motifs is 2. The fourth-order valence-electron chi connectivity index (χ4n) is 3.48. The maximum absolute atomic E-state index is 12.7. The second-order valence-corrected chi connectivity index (χ2v) is 7.64. The highest BCUT2D eigenvalue weighted by molar-refractivity contribution is 7.08. The second kappa shape index (κ2) is 5.67. The van der Waals surface area contributed by atoms with Gasteiger partial charge in [-0.25, -0.2) is 0 Å². The Labute approximate surface area is 144 Å². The third-order valence-electron chi connectivity index (χ3n) is 4.76. The fourth-order valence-corrected chi connectivity index (χ4v) is 4.16. The van der Waals surface area contributed by atoms with Gasteiger partial charge in [-0.3, -0.25) is 4.79 Å². The molecule has 24 heavy (non-hydrogen) atoms. The maximum atomic E-state index is 12.7. The summed E-state index contributed by atoms with van der Waals surface area (Å²) < 4.78 is 13.4. The molecule has 0 amide bonds. The predicted molar refractivity (Wildman–Crippen MR) is 90.9 cm³/mol. The van der Waals surface area contributed by atoms with E-state index in [1.807, 2.05) is 23.9 Å². The molecule has 0 aromatic carbocycles. The zero-order valence-electron chi connectivity index (χ0n) is 13.5. The Morgan fingerprint density at radius 3 is 2.67 bits per heavy atom. The minimum absolute atomic E-state index is 0.196. The van der Waals surface area contributed by atoms with Crippen LogP contribution < -0.4 is 15.0 Å². The second-order valence-electron chi connectivity index (χ2n) is 6.89. The first-order valence-corrected chi connectivity index (χ1v) is 9.01. The topological polar surface area (TPSA) is 64.2 Å². The summed E-state index contributed by atoms with van der Waals surface area (Å²) >= 11 is 1.55. The van der Waals surface area contributed by atoms with Gasteiger partial charge in [-0.15, -0.1) is 11.3 Å². The molecule has 1 aliphatic heterocycles. The van der Waals surface area contributed by atoms with Crippen LogP contribution in [0.1, 0.15) is 30.0 Å². The van der Waals surface area contributed by atoms with E-state index in [9.17, 15) is 10.1 Å². The van der Waals surface area contributed by atoms with Gasteiger partial charge in [0.25, 0.3) is 5.56 Å². The van der Waals surface area contributed by atoms with Gasteiger partial charge < -0.3 is 14.0 Å². The summed E-state index contributed by atoms with van der Waals surface area (Å²) in [6.07, 6.45) is 4.70. The van der Waals surface area contributed by atoms with E-state index in [4.69, 9.17) is 9.47 Å². The molecule has 2 aromatic rings. The molecule has 5 nitrogen and oxygen atoms in total. The van der Waals surface area contributed by atoms with Crippen molar-refractivity contribution in [3.63, 3.8) is 0 Å². The molecule has 2 aliphatic rings. The van der Waals surface area contributed by atoms with E-state index in [-0.39, 0.29) is 11.0 Å². The van der Waals surface area contributed by atoms with E-state index in [0.717, 1.165) is 41.9 Å². The summed E-state index contributed by atoms with van der Waals surface area (Å²) in [5.41, 5.74) is 1.85. The highest BCUT2D eigenvalue weighted by Gasteiger charge is 2.32. The van der Waals surface area contributed by atoms with Crippen LogP contribution in [0.5, 0.6) is 11.5 Å². The van der Waals surface area contributed by atoms with E-state index < -0.39 is 0 Å². The number of nitriles is 1. The maximum Gasteiger partial charge on any atom is 0.268 e. The zero-order valence-corrected chi connectivity index (χ0v) is 14.3. The summed E-state index contributed by atoms with van der Waals surface area (Å²) in [5.74, 6) is 1.53. The number of hydrogen-bond donors (Lipinski definition) is 0. The van der Waals surface area contributed by atoms with Crippen molar-refractivity contribution in [2.45, 2.75) is 32.7 Å². The first kappa shape index (κ1) is 15.3. The van der Waals surface area contributed by atoms with Crippen LogP contribution in [0, 0.1) is 16.7 Å². The van der Waals surface area contributed by atoms with Crippen molar-refractivity contribution >= 4 is 11.3 Å². The van der Waals surface area contributed by atoms with Crippen molar-refractivity contribution < 1.29 is 9.47 Å². The third kappa shape index (κ3) is 2.49. The number of nitrogens with zero attached hydrogens (tertiary/aromatic N) is 2. The Kier molecular flexibility index (Phi) is 3.61. The number of ether oxygens (including phenoxy) is 2. The monoisotopic (exact) mass is 342 g/mol. The van der Waals surface area contributed by atoms with Gasteiger partial charge in [0, 0.05) is 23.5 Å². The van der Waals surface area contributed by atoms with E-state index in [1.165, 1.54) is 0 Å². The Morgan fingerprint density at radius 2 is 2.00 bits per heavy atom.